The molecule has 110 valence electrons. The average Bonchev–Trinajstić information content (AvgIpc) is 2.42. The van der Waals surface area contributed by atoms with Gasteiger partial charge >= 0.3 is 0 Å². The van der Waals surface area contributed by atoms with Crippen LogP contribution in [0.3, 0.4) is 0 Å². The number of ether oxygens (including phenoxy) is 2. The van der Waals surface area contributed by atoms with Gasteiger partial charge in [-0.1, -0.05) is 18.5 Å². The van der Waals surface area contributed by atoms with Crippen LogP contribution in [0.2, 0.25) is 5.02 Å². The molecule has 1 unspecified atom stereocenters. The Morgan fingerprint density at radius 1 is 1.25 bits per heavy atom. The van der Waals surface area contributed by atoms with Gasteiger partial charge in [-0.15, -0.1) is 0 Å². The van der Waals surface area contributed by atoms with Crippen LogP contribution in [0.5, 0.6) is 11.5 Å². The predicted molar refractivity (Wildman–Crippen MR) is 84.7 cm³/mol. The van der Waals surface area contributed by atoms with Crippen molar-refractivity contribution in [1.29, 1.82) is 5.26 Å². The SMILES string of the molecule is CCOc1cc(Cl)c(CC(C)CSC#N)cc1OCC. The number of nitrogens with zero attached hydrogens (tertiary/aromatic N) is 1. The molecule has 0 amide bonds. The summed E-state index contributed by atoms with van der Waals surface area (Å²) in [7, 11) is 0. The van der Waals surface area contributed by atoms with Crippen LogP contribution in [0, 0.1) is 16.6 Å². The Kier molecular flexibility index (Phi) is 7.64. The summed E-state index contributed by atoms with van der Waals surface area (Å²) < 4.78 is 11.1. The van der Waals surface area contributed by atoms with Crippen molar-refractivity contribution in [2.24, 2.45) is 5.92 Å². The molecule has 0 bridgehead atoms. The van der Waals surface area contributed by atoms with Crippen molar-refractivity contribution >= 4 is 23.4 Å². The average molecular weight is 314 g/mol. The molecule has 0 radical (unpaired) electrons. The Labute approximate surface area is 130 Å². The molecule has 3 nitrogen and oxygen atoms in total. The number of rotatable bonds is 8. The zero-order valence-corrected chi connectivity index (χ0v) is 13.7. The molecule has 0 aliphatic heterocycles. The summed E-state index contributed by atoms with van der Waals surface area (Å²) in [6.45, 7) is 7.14. The molecule has 0 aliphatic carbocycles. The van der Waals surface area contributed by atoms with E-state index in [1.165, 1.54) is 11.8 Å². The minimum atomic E-state index is 0.379. The highest BCUT2D eigenvalue weighted by Crippen LogP contribution is 2.35. The van der Waals surface area contributed by atoms with Crippen molar-refractivity contribution in [2.75, 3.05) is 19.0 Å². The van der Waals surface area contributed by atoms with E-state index in [2.05, 4.69) is 12.3 Å². The Hall–Kier alpha value is -1.05. The first kappa shape index (κ1) is 17.0. The number of thiocyanates is 1. The van der Waals surface area contributed by atoms with Gasteiger partial charge in [-0.3, -0.25) is 0 Å². The predicted octanol–water partition coefficient (Wildman–Crippen LogP) is 4.53. The molecule has 0 saturated carbocycles. The van der Waals surface area contributed by atoms with Crippen molar-refractivity contribution in [3.8, 4) is 16.9 Å². The number of thioether (sulfide) groups is 1. The van der Waals surface area contributed by atoms with Gasteiger partial charge in [0.1, 0.15) is 5.40 Å². The third-order valence-corrected chi connectivity index (χ3v) is 3.93. The third kappa shape index (κ3) is 5.15. The van der Waals surface area contributed by atoms with Crippen LogP contribution < -0.4 is 9.47 Å². The molecule has 0 saturated heterocycles. The normalized spacial score (nSPS) is 11.8. The number of hydrogen-bond donors (Lipinski definition) is 0. The van der Waals surface area contributed by atoms with Gasteiger partial charge in [0.05, 0.1) is 13.2 Å². The number of nitriles is 1. The molecule has 1 aromatic carbocycles. The maximum absolute atomic E-state index is 8.60. The van der Waals surface area contributed by atoms with Crippen LogP contribution in [-0.4, -0.2) is 19.0 Å². The fourth-order valence-corrected chi connectivity index (χ4v) is 2.59. The van der Waals surface area contributed by atoms with Crippen molar-refractivity contribution in [2.45, 2.75) is 27.2 Å². The molecule has 0 aliphatic rings. The first-order chi connectivity index (χ1) is 9.62. The molecule has 1 rings (SSSR count). The molecular weight excluding hydrogens is 294 g/mol. The molecule has 5 heteroatoms. The summed E-state index contributed by atoms with van der Waals surface area (Å²) in [5.41, 5.74) is 1.03. The summed E-state index contributed by atoms with van der Waals surface area (Å²) in [5.74, 6) is 2.59. The van der Waals surface area contributed by atoms with Gasteiger partial charge in [-0.25, -0.2) is 0 Å². The summed E-state index contributed by atoms with van der Waals surface area (Å²) in [6, 6.07) is 3.76. The van der Waals surface area contributed by atoms with Gasteiger partial charge in [-0.05, 0) is 49.6 Å². The minimum Gasteiger partial charge on any atom is -0.490 e. The van der Waals surface area contributed by atoms with E-state index in [1.54, 1.807) is 0 Å². The first-order valence-corrected chi connectivity index (χ1v) is 8.07. The minimum absolute atomic E-state index is 0.379. The summed E-state index contributed by atoms with van der Waals surface area (Å²) in [6.07, 6.45) is 0.819. The molecule has 20 heavy (non-hydrogen) atoms. The van der Waals surface area contributed by atoms with E-state index in [-0.39, 0.29) is 0 Å². The fourth-order valence-electron chi connectivity index (χ4n) is 1.88. The maximum atomic E-state index is 8.60. The van der Waals surface area contributed by atoms with Crippen molar-refractivity contribution in [3.05, 3.63) is 22.7 Å². The van der Waals surface area contributed by atoms with Crippen LogP contribution in [0.25, 0.3) is 0 Å². The molecule has 1 aromatic rings. The Balaban J connectivity index is 2.90. The second-order valence-electron chi connectivity index (χ2n) is 4.47. The van der Waals surface area contributed by atoms with E-state index < -0.39 is 0 Å². The van der Waals surface area contributed by atoms with E-state index >= 15 is 0 Å². The van der Waals surface area contributed by atoms with E-state index in [1.807, 2.05) is 26.0 Å². The lowest BCUT2D eigenvalue weighted by molar-refractivity contribution is 0.287. The zero-order chi connectivity index (χ0) is 15.0. The van der Waals surface area contributed by atoms with Crippen LogP contribution in [0.1, 0.15) is 26.3 Å². The van der Waals surface area contributed by atoms with Crippen molar-refractivity contribution in [3.63, 3.8) is 0 Å². The molecule has 0 heterocycles. The highest BCUT2D eigenvalue weighted by molar-refractivity contribution is 8.03. The number of benzene rings is 1. The Bertz CT molecular complexity index is 474. The standard InChI is InChI=1S/C15H20ClNO2S/c1-4-18-14-7-12(6-11(3)9-20-10-17)13(16)8-15(14)19-5-2/h7-8,11H,4-6,9H2,1-3H3. The van der Waals surface area contributed by atoms with E-state index in [0.717, 1.165) is 23.5 Å². The highest BCUT2D eigenvalue weighted by atomic mass is 35.5. The quantitative estimate of drug-likeness (QED) is 0.661. The Morgan fingerprint density at radius 2 is 1.85 bits per heavy atom. The topological polar surface area (TPSA) is 42.2 Å². The van der Waals surface area contributed by atoms with Crippen LogP contribution in [0.15, 0.2) is 12.1 Å². The number of halogens is 1. The highest BCUT2D eigenvalue weighted by Gasteiger charge is 2.13. The van der Waals surface area contributed by atoms with Gasteiger partial charge < -0.3 is 9.47 Å². The van der Waals surface area contributed by atoms with Crippen LogP contribution >= 0.6 is 23.4 Å². The lowest BCUT2D eigenvalue weighted by atomic mass is 10.0. The van der Waals surface area contributed by atoms with Crippen LogP contribution in [0.4, 0.5) is 0 Å². The lowest BCUT2D eigenvalue weighted by Crippen LogP contribution is -2.05. The lowest BCUT2D eigenvalue weighted by Gasteiger charge is -2.16. The molecule has 0 fully saturated rings. The smallest absolute Gasteiger partial charge is 0.162 e. The van der Waals surface area contributed by atoms with Gasteiger partial charge in [0.25, 0.3) is 0 Å². The largest absolute Gasteiger partial charge is 0.490 e. The first-order valence-electron chi connectivity index (χ1n) is 6.71. The maximum Gasteiger partial charge on any atom is 0.162 e. The van der Waals surface area contributed by atoms with Crippen molar-refractivity contribution < 1.29 is 9.47 Å². The molecule has 0 N–H and O–H groups in total. The van der Waals surface area contributed by atoms with E-state index in [4.69, 9.17) is 26.3 Å². The Morgan fingerprint density at radius 3 is 2.40 bits per heavy atom. The van der Waals surface area contributed by atoms with Gasteiger partial charge in [0, 0.05) is 16.8 Å². The van der Waals surface area contributed by atoms with Gasteiger partial charge in [-0.2, -0.15) is 5.26 Å². The summed E-state index contributed by atoms with van der Waals surface area (Å²) in [5, 5.41) is 11.4. The van der Waals surface area contributed by atoms with E-state index in [9.17, 15) is 0 Å². The second kappa shape index (κ2) is 8.99. The van der Waals surface area contributed by atoms with Crippen molar-refractivity contribution in [1.82, 2.24) is 0 Å². The second-order valence-corrected chi connectivity index (χ2v) is 5.68. The summed E-state index contributed by atoms with van der Waals surface area (Å²) >= 11 is 7.58. The van der Waals surface area contributed by atoms with Gasteiger partial charge in [0.2, 0.25) is 0 Å². The number of hydrogen-bond acceptors (Lipinski definition) is 4. The molecule has 0 aromatic heterocycles. The van der Waals surface area contributed by atoms with E-state index in [0.29, 0.717) is 29.9 Å². The third-order valence-electron chi connectivity index (χ3n) is 2.71. The monoisotopic (exact) mass is 313 g/mol. The summed E-state index contributed by atoms with van der Waals surface area (Å²) in [4.78, 5) is 0. The fraction of sp³-hybridized carbons (Fsp3) is 0.533. The van der Waals surface area contributed by atoms with Gasteiger partial charge in [0.15, 0.2) is 11.5 Å². The zero-order valence-electron chi connectivity index (χ0n) is 12.1. The molecule has 0 spiro atoms. The molecular formula is C15H20ClNO2S. The molecule has 1 atom stereocenters. The van der Waals surface area contributed by atoms with Crippen LogP contribution in [-0.2, 0) is 6.42 Å².